The van der Waals surface area contributed by atoms with Crippen LogP contribution in [0.1, 0.15) is 335 Å². The summed E-state index contributed by atoms with van der Waals surface area (Å²) in [5, 5.41) is 23.1. The molecule has 1 amide bonds. The summed E-state index contributed by atoms with van der Waals surface area (Å²) in [6.45, 7) is 4.90. The van der Waals surface area contributed by atoms with Crippen LogP contribution < -0.4 is 5.32 Å². The smallest absolute Gasteiger partial charge is 0.305 e. The lowest BCUT2D eigenvalue weighted by Gasteiger charge is -2.20. The highest BCUT2D eigenvalue weighted by Gasteiger charge is 2.18. The number of allylic oxidation sites excluding steroid dienone is 3. The van der Waals surface area contributed by atoms with Crippen molar-refractivity contribution < 1.29 is 24.5 Å². The lowest BCUT2D eigenvalue weighted by Crippen LogP contribution is -2.45. The van der Waals surface area contributed by atoms with Crippen LogP contribution in [0, 0.1) is 0 Å². The monoisotopic (exact) mass is 958 g/mol. The fourth-order valence-corrected chi connectivity index (χ4v) is 9.51. The molecule has 0 aliphatic carbocycles. The minimum atomic E-state index is -0.850. The van der Waals surface area contributed by atoms with Crippen LogP contribution in [0.2, 0.25) is 0 Å². The Kier molecular flexibility index (Phi) is 56.5. The molecule has 0 spiro atoms. The molecule has 0 saturated heterocycles. The molecule has 0 fully saturated rings. The minimum Gasteiger partial charge on any atom is -0.466 e. The third-order valence-corrected chi connectivity index (χ3v) is 14.2. The number of hydrogen-bond donors (Lipinski definition) is 3. The van der Waals surface area contributed by atoms with E-state index in [0.717, 1.165) is 51.4 Å². The van der Waals surface area contributed by atoms with E-state index in [9.17, 15) is 19.8 Å². The molecule has 402 valence electrons. The Morgan fingerprint density at radius 3 is 1.04 bits per heavy atom. The highest BCUT2D eigenvalue weighted by molar-refractivity contribution is 5.76. The molecule has 68 heavy (non-hydrogen) atoms. The SMILES string of the molecule is CCCCCCCC/C=C\CCCCCCCCCCCC(=O)OCCCCCCCCCCCCCCCCCC(=O)NC(CO)C(O)/C=C/CCCCCCCCCCCCCCCCC. The van der Waals surface area contributed by atoms with Gasteiger partial charge in [-0.25, -0.2) is 0 Å². The van der Waals surface area contributed by atoms with Gasteiger partial charge in [0, 0.05) is 12.8 Å². The van der Waals surface area contributed by atoms with Gasteiger partial charge in [0.25, 0.3) is 0 Å². The number of ether oxygens (including phenoxy) is 1. The lowest BCUT2D eigenvalue weighted by atomic mass is 10.0. The maximum absolute atomic E-state index is 12.5. The average Bonchev–Trinajstić information content (AvgIpc) is 3.34. The Morgan fingerprint density at radius 2 is 0.691 bits per heavy atom. The third kappa shape index (κ3) is 53.7. The number of hydrogen-bond acceptors (Lipinski definition) is 5. The van der Waals surface area contributed by atoms with E-state index >= 15 is 0 Å². The maximum atomic E-state index is 12.5. The van der Waals surface area contributed by atoms with Gasteiger partial charge in [-0.15, -0.1) is 0 Å². The van der Waals surface area contributed by atoms with Gasteiger partial charge in [0.2, 0.25) is 5.91 Å². The number of aliphatic hydroxyl groups excluding tert-OH is 2. The third-order valence-electron chi connectivity index (χ3n) is 14.2. The summed E-state index contributed by atoms with van der Waals surface area (Å²) in [5.74, 6) is -0.0746. The summed E-state index contributed by atoms with van der Waals surface area (Å²) in [5.41, 5.74) is 0. The first kappa shape index (κ1) is 66.3. The van der Waals surface area contributed by atoms with Crippen LogP contribution in [-0.2, 0) is 14.3 Å². The van der Waals surface area contributed by atoms with Crippen LogP contribution in [0.25, 0.3) is 0 Å². The second-order valence-corrected chi connectivity index (χ2v) is 21.0. The number of carbonyl (C=O) groups is 2. The summed E-state index contributed by atoms with van der Waals surface area (Å²) in [7, 11) is 0. The largest absolute Gasteiger partial charge is 0.466 e. The lowest BCUT2D eigenvalue weighted by molar-refractivity contribution is -0.143. The number of nitrogens with one attached hydrogen (secondary N) is 1. The predicted octanol–water partition coefficient (Wildman–Crippen LogP) is 19.0. The quantitative estimate of drug-likeness (QED) is 0.0321. The summed E-state index contributed by atoms with van der Waals surface area (Å²) in [6, 6.07) is -0.634. The maximum Gasteiger partial charge on any atom is 0.305 e. The molecule has 0 radical (unpaired) electrons. The van der Waals surface area contributed by atoms with Gasteiger partial charge in [0.1, 0.15) is 0 Å². The Morgan fingerprint density at radius 1 is 0.397 bits per heavy atom. The van der Waals surface area contributed by atoms with Crippen molar-refractivity contribution in [3.8, 4) is 0 Å². The molecule has 0 heterocycles. The molecule has 6 nitrogen and oxygen atoms in total. The molecule has 0 aromatic rings. The number of aliphatic hydroxyl groups is 2. The van der Waals surface area contributed by atoms with Gasteiger partial charge in [0.15, 0.2) is 0 Å². The Hall–Kier alpha value is -1.66. The van der Waals surface area contributed by atoms with E-state index in [4.69, 9.17) is 4.74 Å². The fraction of sp³-hybridized carbons (Fsp3) is 0.903. The van der Waals surface area contributed by atoms with E-state index in [1.807, 2.05) is 6.08 Å². The summed E-state index contributed by atoms with van der Waals surface area (Å²) >= 11 is 0. The van der Waals surface area contributed by atoms with Crippen LogP contribution >= 0.6 is 0 Å². The zero-order valence-electron chi connectivity index (χ0n) is 45.9. The van der Waals surface area contributed by atoms with Gasteiger partial charge in [-0.3, -0.25) is 9.59 Å². The number of esters is 1. The number of amides is 1. The van der Waals surface area contributed by atoms with Crippen LogP contribution in [0.4, 0.5) is 0 Å². The molecule has 0 rings (SSSR count). The topological polar surface area (TPSA) is 95.9 Å². The second kappa shape index (κ2) is 57.9. The van der Waals surface area contributed by atoms with Crippen molar-refractivity contribution in [3.63, 3.8) is 0 Å². The van der Waals surface area contributed by atoms with E-state index in [1.165, 1.54) is 257 Å². The summed E-state index contributed by atoms with van der Waals surface area (Å²) < 4.78 is 5.49. The first-order chi connectivity index (χ1) is 33.5. The Labute approximate surface area is 424 Å². The van der Waals surface area contributed by atoms with E-state index in [2.05, 4.69) is 31.3 Å². The van der Waals surface area contributed by atoms with E-state index in [0.29, 0.717) is 19.4 Å². The number of carbonyl (C=O) groups excluding carboxylic acids is 2. The van der Waals surface area contributed by atoms with Gasteiger partial charge < -0.3 is 20.3 Å². The zero-order chi connectivity index (χ0) is 49.3. The number of rotatable bonds is 57. The normalized spacial score (nSPS) is 12.7. The average molecular weight is 959 g/mol. The minimum absolute atomic E-state index is 0.000360. The highest BCUT2D eigenvalue weighted by atomic mass is 16.5. The molecular weight excluding hydrogens is 839 g/mol. The molecule has 0 saturated carbocycles. The Balaban J connectivity index is 3.44. The Bertz CT molecular complexity index is 1060. The van der Waals surface area contributed by atoms with Gasteiger partial charge in [-0.2, -0.15) is 0 Å². The van der Waals surface area contributed by atoms with Gasteiger partial charge in [0.05, 0.1) is 25.4 Å². The van der Waals surface area contributed by atoms with Crippen LogP contribution in [0.15, 0.2) is 24.3 Å². The summed E-state index contributed by atoms with van der Waals surface area (Å²) in [4.78, 5) is 24.6. The molecular formula is C62H119NO5. The number of unbranched alkanes of at least 4 members (excludes halogenated alkanes) is 44. The first-order valence-electron chi connectivity index (χ1n) is 30.6. The van der Waals surface area contributed by atoms with E-state index < -0.39 is 12.1 Å². The molecule has 6 heteroatoms. The zero-order valence-corrected chi connectivity index (χ0v) is 45.9. The fourth-order valence-electron chi connectivity index (χ4n) is 9.51. The summed E-state index contributed by atoms with van der Waals surface area (Å²) in [6.07, 6.45) is 70.6. The van der Waals surface area contributed by atoms with Crippen molar-refractivity contribution >= 4 is 11.9 Å². The van der Waals surface area contributed by atoms with Crippen LogP contribution in [0.5, 0.6) is 0 Å². The molecule has 0 aromatic carbocycles. The van der Waals surface area contributed by atoms with Crippen molar-refractivity contribution in [3.05, 3.63) is 24.3 Å². The molecule has 0 aliphatic rings. The van der Waals surface area contributed by atoms with Crippen molar-refractivity contribution in [2.24, 2.45) is 0 Å². The molecule has 3 N–H and O–H groups in total. The molecule has 0 aromatic heterocycles. The van der Waals surface area contributed by atoms with Crippen molar-refractivity contribution in [1.82, 2.24) is 5.32 Å². The highest BCUT2D eigenvalue weighted by Crippen LogP contribution is 2.17. The van der Waals surface area contributed by atoms with Crippen molar-refractivity contribution in [2.45, 2.75) is 347 Å². The van der Waals surface area contributed by atoms with Gasteiger partial charge in [-0.05, 0) is 57.8 Å². The first-order valence-corrected chi connectivity index (χ1v) is 30.6. The van der Waals surface area contributed by atoms with Gasteiger partial charge in [-0.1, -0.05) is 289 Å². The molecule has 2 atom stereocenters. The van der Waals surface area contributed by atoms with Crippen LogP contribution in [0.3, 0.4) is 0 Å². The van der Waals surface area contributed by atoms with Crippen LogP contribution in [-0.4, -0.2) is 47.4 Å². The molecule has 2 unspecified atom stereocenters. The molecule has 0 aliphatic heterocycles. The van der Waals surface area contributed by atoms with E-state index in [-0.39, 0.29) is 18.5 Å². The van der Waals surface area contributed by atoms with E-state index in [1.54, 1.807) is 6.08 Å². The van der Waals surface area contributed by atoms with Gasteiger partial charge >= 0.3 is 5.97 Å². The second-order valence-electron chi connectivity index (χ2n) is 21.0. The van der Waals surface area contributed by atoms with Crippen molar-refractivity contribution in [2.75, 3.05) is 13.2 Å². The van der Waals surface area contributed by atoms with Crippen molar-refractivity contribution in [1.29, 1.82) is 0 Å². The predicted molar refractivity (Wildman–Crippen MR) is 296 cm³/mol. The molecule has 0 bridgehead atoms. The standard InChI is InChI=1S/C62H119NO5/c1-3-5-7-9-11-13-15-17-19-21-22-24-28-32-36-40-44-48-52-56-62(67)68-57-53-49-45-41-37-33-29-25-27-31-35-39-43-47-51-55-61(66)63-59(58-64)60(65)54-50-46-42-38-34-30-26-23-20-18-16-14-12-10-8-6-4-2/h17,19,50,54,59-60,64-65H,3-16,18,20-49,51-53,55-58H2,1-2H3,(H,63,66)/b19-17-,54-50+.